The summed E-state index contributed by atoms with van der Waals surface area (Å²) in [6.45, 7) is 0.312. The Labute approximate surface area is 149 Å². The van der Waals surface area contributed by atoms with Crippen LogP contribution in [0.15, 0.2) is 54.6 Å². The van der Waals surface area contributed by atoms with Gasteiger partial charge in [0.05, 0.1) is 6.54 Å². The molecule has 2 aromatic carbocycles. The summed E-state index contributed by atoms with van der Waals surface area (Å²) in [5, 5.41) is 10.9. The molecule has 0 atom stereocenters. The number of carbonyl (C=O) groups excluding carboxylic acids is 1. The van der Waals surface area contributed by atoms with Crippen molar-refractivity contribution in [3.63, 3.8) is 0 Å². The Balaban J connectivity index is 1.54. The number of carbonyl (C=O) groups is 1. The van der Waals surface area contributed by atoms with Gasteiger partial charge in [-0.2, -0.15) is 5.10 Å². The Bertz CT molecular complexity index is 1080. The molecule has 7 heteroatoms. The van der Waals surface area contributed by atoms with Gasteiger partial charge in [0.1, 0.15) is 11.5 Å². The fraction of sp³-hybridized carbons (Fsp3) is 0.105. The summed E-state index contributed by atoms with van der Waals surface area (Å²) >= 11 is 0. The van der Waals surface area contributed by atoms with E-state index < -0.39 is 0 Å². The number of aromatic nitrogens is 4. The summed E-state index contributed by atoms with van der Waals surface area (Å²) in [4.78, 5) is 16.9. The van der Waals surface area contributed by atoms with Crippen LogP contribution in [0.25, 0.3) is 22.3 Å². The molecule has 0 aliphatic heterocycles. The molecule has 0 saturated heterocycles. The first-order chi connectivity index (χ1) is 12.7. The summed E-state index contributed by atoms with van der Waals surface area (Å²) in [5.74, 6) is 1.06. The molecule has 130 valence electrons. The Hall–Kier alpha value is -3.45. The van der Waals surface area contributed by atoms with Gasteiger partial charge in [-0.1, -0.05) is 18.2 Å². The van der Waals surface area contributed by atoms with E-state index in [0.29, 0.717) is 29.6 Å². The lowest BCUT2D eigenvalue weighted by atomic mass is 10.2. The number of H-pyrrole nitrogens is 1. The lowest BCUT2D eigenvalue weighted by Gasteiger charge is -2.07. The number of aromatic amines is 1. The highest BCUT2D eigenvalue weighted by atomic mass is 16.1. The number of hydrogen-bond donors (Lipinski definition) is 3. The van der Waals surface area contributed by atoms with Crippen LogP contribution in [0.4, 0.5) is 5.69 Å². The molecule has 2 heterocycles. The molecule has 2 aromatic heterocycles. The molecule has 0 unspecified atom stereocenters. The first kappa shape index (κ1) is 16.0. The Kier molecular flexibility index (Phi) is 3.98. The van der Waals surface area contributed by atoms with E-state index in [0.717, 1.165) is 16.5 Å². The molecule has 0 bridgehead atoms. The SMILES string of the molecule is Cn1c(C(=O)Nc2ccc(-c3n[nH]c(CN)n3)cc2)cc2ccccc21. The van der Waals surface area contributed by atoms with E-state index >= 15 is 0 Å². The quantitative estimate of drug-likeness (QED) is 0.529. The Morgan fingerprint density at radius 2 is 1.96 bits per heavy atom. The summed E-state index contributed by atoms with van der Waals surface area (Å²) < 4.78 is 1.89. The van der Waals surface area contributed by atoms with E-state index in [9.17, 15) is 4.79 Å². The van der Waals surface area contributed by atoms with Crippen molar-refractivity contribution in [2.24, 2.45) is 12.8 Å². The number of rotatable bonds is 4. The standard InChI is InChI=1S/C19H18N6O/c1-25-15-5-3-2-4-13(15)10-16(25)19(26)21-14-8-6-12(7-9-14)18-22-17(11-20)23-24-18/h2-10H,11,20H2,1H3,(H,21,26)(H,22,23,24). The van der Waals surface area contributed by atoms with Crippen molar-refractivity contribution in [2.75, 3.05) is 5.32 Å². The number of benzene rings is 2. The van der Waals surface area contributed by atoms with Gasteiger partial charge in [-0.05, 0) is 36.4 Å². The van der Waals surface area contributed by atoms with E-state index in [1.54, 1.807) is 0 Å². The summed E-state index contributed by atoms with van der Waals surface area (Å²) in [5.41, 5.74) is 8.72. The molecule has 4 N–H and O–H groups in total. The van der Waals surface area contributed by atoms with Crippen LogP contribution in [-0.2, 0) is 13.6 Å². The van der Waals surface area contributed by atoms with Crippen molar-refractivity contribution in [1.82, 2.24) is 19.7 Å². The number of nitrogens with one attached hydrogen (secondary N) is 2. The van der Waals surface area contributed by atoms with Crippen LogP contribution in [0.1, 0.15) is 16.3 Å². The molecule has 26 heavy (non-hydrogen) atoms. The second-order valence-electron chi connectivity index (χ2n) is 5.99. The van der Waals surface area contributed by atoms with Crippen molar-refractivity contribution in [3.8, 4) is 11.4 Å². The monoisotopic (exact) mass is 346 g/mol. The van der Waals surface area contributed by atoms with E-state index in [1.807, 2.05) is 66.2 Å². The van der Waals surface area contributed by atoms with Crippen LogP contribution in [0, 0.1) is 0 Å². The number of aryl methyl sites for hydroxylation is 1. The van der Waals surface area contributed by atoms with Crippen LogP contribution >= 0.6 is 0 Å². The smallest absolute Gasteiger partial charge is 0.272 e. The van der Waals surface area contributed by atoms with Crippen LogP contribution in [0.2, 0.25) is 0 Å². The predicted octanol–water partition coefficient (Wildman–Crippen LogP) is 2.67. The first-order valence-electron chi connectivity index (χ1n) is 8.23. The van der Waals surface area contributed by atoms with Gasteiger partial charge >= 0.3 is 0 Å². The number of nitrogens with two attached hydrogens (primary N) is 1. The van der Waals surface area contributed by atoms with Crippen molar-refractivity contribution >= 4 is 22.5 Å². The molecule has 0 saturated carbocycles. The van der Waals surface area contributed by atoms with Gasteiger partial charge in [-0.15, -0.1) is 0 Å². The third-order valence-electron chi connectivity index (χ3n) is 4.31. The normalized spacial score (nSPS) is 11.0. The second-order valence-corrected chi connectivity index (χ2v) is 5.99. The highest BCUT2D eigenvalue weighted by Crippen LogP contribution is 2.21. The molecule has 7 nitrogen and oxygen atoms in total. The minimum absolute atomic E-state index is 0.153. The number of amides is 1. The van der Waals surface area contributed by atoms with Gasteiger partial charge in [0.2, 0.25) is 0 Å². The molecule has 4 aromatic rings. The highest BCUT2D eigenvalue weighted by molar-refractivity contribution is 6.06. The molecular weight excluding hydrogens is 328 g/mol. The van der Waals surface area contributed by atoms with Crippen molar-refractivity contribution in [1.29, 1.82) is 0 Å². The van der Waals surface area contributed by atoms with Crippen LogP contribution in [-0.4, -0.2) is 25.7 Å². The Morgan fingerprint density at radius 1 is 1.19 bits per heavy atom. The molecular formula is C19H18N6O. The molecule has 0 radical (unpaired) electrons. The average Bonchev–Trinajstić information content (AvgIpc) is 3.28. The molecule has 0 spiro atoms. The fourth-order valence-corrected chi connectivity index (χ4v) is 2.92. The number of fused-ring (bicyclic) bond motifs is 1. The fourth-order valence-electron chi connectivity index (χ4n) is 2.92. The molecule has 0 aliphatic carbocycles. The summed E-state index contributed by atoms with van der Waals surface area (Å²) in [6, 6.07) is 17.2. The minimum atomic E-state index is -0.153. The third-order valence-corrected chi connectivity index (χ3v) is 4.31. The summed E-state index contributed by atoms with van der Waals surface area (Å²) in [7, 11) is 1.89. The van der Waals surface area contributed by atoms with Crippen LogP contribution in [0.3, 0.4) is 0 Å². The maximum atomic E-state index is 12.6. The summed E-state index contributed by atoms with van der Waals surface area (Å²) in [6.07, 6.45) is 0. The van der Waals surface area contributed by atoms with Gasteiger partial charge in [0.15, 0.2) is 5.82 Å². The molecule has 4 rings (SSSR count). The maximum Gasteiger partial charge on any atom is 0.272 e. The molecule has 1 amide bonds. The average molecular weight is 346 g/mol. The van der Waals surface area contributed by atoms with Crippen molar-refractivity contribution < 1.29 is 4.79 Å². The van der Waals surface area contributed by atoms with E-state index in [-0.39, 0.29) is 5.91 Å². The van der Waals surface area contributed by atoms with Crippen LogP contribution < -0.4 is 11.1 Å². The maximum absolute atomic E-state index is 12.6. The predicted molar refractivity (Wildman–Crippen MR) is 101 cm³/mol. The van der Waals surface area contributed by atoms with Gasteiger partial charge in [-0.3, -0.25) is 9.89 Å². The van der Waals surface area contributed by atoms with E-state index in [2.05, 4.69) is 20.5 Å². The second kappa shape index (κ2) is 6.45. The molecule has 0 fully saturated rings. The zero-order chi connectivity index (χ0) is 18.1. The van der Waals surface area contributed by atoms with Gasteiger partial charge in [0, 0.05) is 29.2 Å². The van der Waals surface area contributed by atoms with Gasteiger partial charge < -0.3 is 15.6 Å². The number of anilines is 1. The van der Waals surface area contributed by atoms with Crippen molar-refractivity contribution in [2.45, 2.75) is 6.54 Å². The largest absolute Gasteiger partial charge is 0.340 e. The third kappa shape index (κ3) is 2.84. The zero-order valence-electron chi connectivity index (χ0n) is 14.2. The lowest BCUT2D eigenvalue weighted by Crippen LogP contribution is -2.15. The number of hydrogen-bond acceptors (Lipinski definition) is 4. The van der Waals surface area contributed by atoms with E-state index in [1.165, 1.54) is 0 Å². The first-order valence-corrected chi connectivity index (χ1v) is 8.23. The van der Waals surface area contributed by atoms with Crippen LogP contribution in [0.5, 0.6) is 0 Å². The number of para-hydroxylation sites is 1. The highest BCUT2D eigenvalue weighted by Gasteiger charge is 2.13. The van der Waals surface area contributed by atoms with Crippen molar-refractivity contribution in [3.05, 3.63) is 66.1 Å². The minimum Gasteiger partial charge on any atom is -0.340 e. The molecule has 0 aliphatic rings. The van der Waals surface area contributed by atoms with Gasteiger partial charge in [-0.25, -0.2) is 4.98 Å². The number of nitrogens with zero attached hydrogens (tertiary/aromatic N) is 3. The topological polar surface area (TPSA) is 102 Å². The van der Waals surface area contributed by atoms with Gasteiger partial charge in [0.25, 0.3) is 5.91 Å². The zero-order valence-corrected chi connectivity index (χ0v) is 14.2. The Morgan fingerprint density at radius 3 is 2.65 bits per heavy atom. The lowest BCUT2D eigenvalue weighted by molar-refractivity contribution is 0.102. The van der Waals surface area contributed by atoms with E-state index in [4.69, 9.17) is 5.73 Å².